The molecule has 1 heterocycles. The van der Waals surface area contributed by atoms with Crippen LogP contribution in [0.3, 0.4) is 0 Å². The highest BCUT2D eigenvalue weighted by atomic mass is 16.3. The molecular weight excluding hydrogens is 216 g/mol. The number of aromatic nitrogens is 1. The van der Waals surface area contributed by atoms with Crippen molar-refractivity contribution in [1.82, 2.24) is 4.57 Å². The maximum Gasteiger partial charge on any atom is 0.134 e. The fourth-order valence-corrected chi connectivity index (χ4v) is 2.10. The second-order valence-electron chi connectivity index (χ2n) is 3.99. The van der Waals surface area contributed by atoms with E-state index in [4.69, 9.17) is 5.26 Å². The van der Waals surface area contributed by atoms with Crippen molar-refractivity contribution in [3.05, 3.63) is 29.0 Å². The zero-order chi connectivity index (χ0) is 12.6. The molecule has 0 aliphatic carbocycles. The van der Waals surface area contributed by atoms with Crippen LogP contribution in [0.1, 0.15) is 16.8 Å². The maximum atomic E-state index is 10.7. The van der Waals surface area contributed by atoms with Crippen LogP contribution in [0.4, 0.5) is 0 Å². The third kappa shape index (κ3) is 1.56. The normalized spacial score (nSPS) is 10.4. The van der Waals surface area contributed by atoms with Crippen molar-refractivity contribution in [2.75, 3.05) is 0 Å². The highest BCUT2D eigenvalue weighted by Crippen LogP contribution is 2.30. The smallest absolute Gasteiger partial charge is 0.134 e. The fraction of sp³-hybridized carbons (Fsp3) is 0.231. The molecule has 1 N–H and O–H groups in total. The van der Waals surface area contributed by atoms with Gasteiger partial charge in [-0.2, -0.15) is 5.26 Å². The van der Waals surface area contributed by atoms with Gasteiger partial charge >= 0.3 is 0 Å². The van der Waals surface area contributed by atoms with Crippen molar-refractivity contribution in [2.45, 2.75) is 13.3 Å². The number of nitriles is 1. The molecule has 0 unspecified atom stereocenters. The number of aryl methyl sites for hydroxylation is 1. The summed E-state index contributed by atoms with van der Waals surface area (Å²) in [6.45, 7) is 1.92. The molecule has 86 valence electrons. The molecule has 0 aliphatic heterocycles. The van der Waals surface area contributed by atoms with E-state index in [0.29, 0.717) is 6.42 Å². The van der Waals surface area contributed by atoms with Crippen molar-refractivity contribution in [3.8, 4) is 11.8 Å². The number of hydrogen-bond donors (Lipinski definition) is 1. The minimum Gasteiger partial charge on any atom is -0.507 e. The average molecular weight is 228 g/mol. The number of benzene rings is 1. The summed E-state index contributed by atoms with van der Waals surface area (Å²) < 4.78 is 1.93. The molecule has 0 amide bonds. The summed E-state index contributed by atoms with van der Waals surface area (Å²) >= 11 is 0. The van der Waals surface area contributed by atoms with Crippen molar-refractivity contribution < 1.29 is 9.90 Å². The number of rotatable bonds is 2. The Morgan fingerprint density at radius 2 is 2.24 bits per heavy atom. The Balaban J connectivity index is 2.86. The Morgan fingerprint density at radius 3 is 2.82 bits per heavy atom. The number of aldehydes is 1. The number of phenolic OH excluding ortho intramolecular Hbond substituents is 1. The number of carbonyl (C=O) groups is 1. The van der Waals surface area contributed by atoms with E-state index in [2.05, 4.69) is 0 Å². The molecule has 0 aliphatic rings. The molecule has 4 nitrogen and oxygen atoms in total. The standard InChI is InChI=1S/C13H12N2O2/c1-8-10(3-4-16)11-6-13(17)9(7-14)5-12(11)15(8)2/h4-6,17H,3H2,1-2H3. The van der Waals surface area contributed by atoms with E-state index in [-0.39, 0.29) is 11.3 Å². The first-order valence-corrected chi connectivity index (χ1v) is 5.24. The van der Waals surface area contributed by atoms with Crippen molar-refractivity contribution in [2.24, 2.45) is 7.05 Å². The van der Waals surface area contributed by atoms with Crippen LogP contribution in [-0.4, -0.2) is 16.0 Å². The number of carbonyl (C=O) groups excluding carboxylic acids is 1. The van der Waals surface area contributed by atoms with Gasteiger partial charge in [-0.3, -0.25) is 0 Å². The van der Waals surface area contributed by atoms with E-state index in [1.807, 2.05) is 24.6 Å². The number of phenols is 1. The third-order valence-corrected chi connectivity index (χ3v) is 3.15. The quantitative estimate of drug-likeness (QED) is 0.797. The number of nitrogens with zero attached hydrogens (tertiary/aromatic N) is 2. The van der Waals surface area contributed by atoms with E-state index in [9.17, 15) is 9.90 Å². The Labute approximate surface area is 98.7 Å². The van der Waals surface area contributed by atoms with Crippen LogP contribution in [0.2, 0.25) is 0 Å². The minimum absolute atomic E-state index is 0.0438. The van der Waals surface area contributed by atoms with Crippen molar-refractivity contribution in [3.63, 3.8) is 0 Å². The van der Waals surface area contributed by atoms with Gasteiger partial charge in [0.1, 0.15) is 18.1 Å². The largest absolute Gasteiger partial charge is 0.507 e. The SMILES string of the molecule is Cc1c(CC=O)c2cc(O)c(C#N)cc2n1C. The lowest BCUT2D eigenvalue weighted by atomic mass is 10.1. The summed E-state index contributed by atoms with van der Waals surface area (Å²) in [5.74, 6) is -0.0438. The molecule has 0 spiro atoms. The molecule has 4 heteroatoms. The van der Waals surface area contributed by atoms with Gasteiger partial charge in [-0.1, -0.05) is 0 Å². The lowest BCUT2D eigenvalue weighted by molar-refractivity contribution is -0.107. The molecule has 2 aromatic rings. The lowest BCUT2D eigenvalue weighted by Crippen LogP contribution is -1.93. The molecule has 0 saturated heterocycles. The Hall–Kier alpha value is -2.28. The molecule has 0 fully saturated rings. The first kappa shape index (κ1) is 11.2. The van der Waals surface area contributed by atoms with Gasteiger partial charge in [0.25, 0.3) is 0 Å². The fourth-order valence-electron chi connectivity index (χ4n) is 2.10. The summed E-state index contributed by atoms with van der Waals surface area (Å²) in [5.41, 5.74) is 2.98. The van der Waals surface area contributed by atoms with E-state index in [1.54, 1.807) is 12.1 Å². The predicted octanol–water partition coefficient (Wildman–Crippen LogP) is 1.81. The number of fused-ring (bicyclic) bond motifs is 1. The second-order valence-corrected chi connectivity index (χ2v) is 3.99. The third-order valence-electron chi connectivity index (χ3n) is 3.15. The summed E-state index contributed by atoms with van der Waals surface area (Å²) in [4.78, 5) is 10.7. The van der Waals surface area contributed by atoms with Gasteiger partial charge in [0.15, 0.2) is 0 Å². The van der Waals surface area contributed by atoms with E-state index < -0.39 is 0 Å². The number of aromatic hydroxyl groups is 1. The minimum atomic E-state index is -0.0438. The summed E-state index contributed by atoms with van der Waals surface area (Å²) in [6.07, 6.45) is 1.16. The van der Waals surface area contributed by atoms with Gasteiger partial charge in [0.2, 0.25) is 0 Å². The van der Waals surface area contributed by atoms with E-state index >= 15 is 0 Å². The van der Waals surface area contributed by atoms with E-state index in [1.165, 1.54) is 0 Å². The molecule has 1 aromatic carbocycles. The molecular formula is C13H12N2O2. The van der Waals surface area contributed by atoms with Gasteiger partial charge in [-0.15, -0.1) is 0 Å². The van der Waals surface area contributed by atoms with Crippen LogP contribution >= 0.6 is 0 Å². The monoisotopic (exact) mass is 228 g/mol. The van der Waals surface area contributed by atoms with Gasteiger partial charge in [0.05, 0.1) is 5.56 Å². The maximum absolute atomic E-state index is 10.7. The van der Waals surface area contributed by atoms with Gasteiger partial charge in [-0.25, -0.2) is 0 Å². The van der Waals surface area contributed by atoms with Crippen LogP contribution in [0.25, 0.3) is 10.9 Å². The Morgan fingerprint density at radius 1 is 1.53 bits per heavy atom. The van der Waals surface area contributed by atoms with Crippen LogP contribution in [-0.2, 0) is 18.3 Å². The Bertz CT molecular complexity index is 648. The molecule has 17 heavy (non-hydrogen) atoms. The molecule has 0 bridgehead atoms. The first-order chi connectivity index (χ1) is 8.10. The zero-order valence-electron chi connectivity index (χ0n) is 9.69. The van der Waals surface area contributed by atoms with Crippen molar-refractivity contribution >= 4 is 17.2 Å². The van der Waals surface area contributed by atoms with Gasteiger partial charge in [-0.05, 0) is 24.6 Å². The highest BCUT2D eigenvalue weighted by molar-refractivity contribution is 5.90. The van der Waals surface area contributed by atoms with E-state index in [0.717, 1.165) is 28.4 Å². The van der Waals surface area contributed by atoms with Crippen LogP contribution in [0.5, 0.6) is 5.75 Å². The van der Waals surface area contributed by atoms with Crippen LogP contribution in [0, 0.1) is 18.3 Å². The summed E-state index contributed by atoms with van der Waals surface area (Å²) in [6, 6.07) is 5.14. The molecule has 0 atom stereocenters. The molecule has 1 aromatic heterocycles. The lowest BCUT2D eigenvalue weighted by Gasteiger charge is -2.00. The molecule has 0 saturated carbocycles. The predicted molar refractivity (Wildman–Crippen MR) is 63.8 cm³/mol. The van der Waals surface area contributed by atoms with Crippen LogP contribution in [0.15, 0.2) is 12.1 Å². The van der Waals surface area contributed by atoms with Crippen LogP contribution < -0.4 is 0 Å². The second kappa shape index (κ2) is 3.95. The Kier molecular flexibility index (Phi) is 2.60. The van der Waals surface area contributed by atoms with Gasteiger partial charge in [0, 0.05) is 30.1 Å². The molecule has 2 rings (SSSR count). The average Bonchev–Trinajstić information content (AvgIpc) is 2.54. The topological polar surface area (TPSA) is 66.0 Å². The molecule has 0 radical (unpaired) electrons. The highest BCUT2D eigenvalue weighted by Gasteiger charge is 2.14. The first-order valence-electron chi connectivity index (χ1n) is 5.24. The van der Waals surface area contributed by atoms with Gasteiger partial charge < -0.3 is 14.5 Å². The van der Waals surface area contributed by atoms with Crippen molar-refractivity contribution in [1.29, 1.82) is 5.26 Å². The summed E-state index contributed by atoms with van der Waals surface area (Å²) in [5, 5.41) is 19.4. The summed E-state index contributed by atoms with van der Waals surface area (Å²) in [7, 11) is 1.88. The zero-order valence-corrected chi connectivity index (χ0v) is 9.69. The number of hydrogen-bond acceptors (Lipinski definition) is 3.